The van der Waals surface area contributed by atoms with Crippen LogP contribution in [-0.2, 0) is 30.4 Å². The molecule has 0 aliphatic carbocycles. The standard InChI is InChI=1S/C25H39N7O8/c1-3-13(2)20(23(38)31-18(24(39)40)12-19(34)35)32-22(37)17(5-4-10-29-25(27)28)30-21(36)16(26)11-14-6-8-15(33)9-7-14/h6-9,13,16-18,20,33H,3-5,10-12,26H2,1-2H3,(H,30,36)(H,31,38)(H,32,37)(H,34,35)(H,39,40)(H4,27,28,29). The second kappa shape index (κ2) is 16.5. The molecule has 0 radical (unpaired) electrons. The molecule has 222 valence electrons. The highest BCUT2D eigenvalue weighted by molar-refractivity contribution is 5.94. The van der Waals surface area contributed by atoms with E-state index in [4.69, 9.17) is 22.3 Å². The molecule has 5 atom stereocenters. The zero-order valence-electron chi connectivity index (χ0n) is 22.5. The number of carboxylic acid groups (broad SMARTS) is 2. The van der Waals surface area contributed by atoms with Gasteiger partial charge in [0, 0.05) is 6.54 Å². The van der Waals surface area contributed by atoms with Crippen LogP contribution in [0.1, 0.15) is 45.1 Å². The van der Waals surface area contributed by atoms with Gasteiger partial charge < -0.3 is 48.5 Å². The summed E-state index contributed by atoms with van der Waals surface area (Å²) in [6.45, 7) is 3.56. The van der Waals surface area contributed by atoms with E-state index >= 15 is 0 Å². The second-order valence-corrected chi connectivity index (χ2v) is 9.36. The van der Waals surface area contributed by atoms with Gasteiger partial charge >= 0.3 is 11.9 Å². The molecule has 0 saturated heterocycles. The van der Waals surface area contributed by atoms with Crippen LogP contribution in [0.2, 0.25) is 0 Å². The Hall–Kier alpha value is -4.40. The van der Waals surface area contributed by atoms with Crippen LogP contribution < -0.4 is 33.2 Å². The van der Waals surface area contributed by atoms with Crippen molar-refractivity contribution in [2.24, 2.45) is 28.1 Å². The van der Waals surface area contributed by atoms with Crippen LogP contribution in [0.25, 0.3) is 0 Å². The quantitative estimate of drug-likeness (QED) is 0.0587. The summed E-state index contributed by atoms with van der Waals surface area (Å²) in [5, 5.41) is 35.0. The number of aromatic hydroxyl groups is 1. The van der Waals surface area contributed by atoms with E-state index < -0.39 is 66.2 Å². The lowest BCUT2D eigenvalue weighted by molar-refractivity contribution is -0.147. The van der Waals surface area contributed by atoms with Crippen LogP contribution >= 0.6 is 0 Å². The summed E-state index contributed by atoms with van der Waals surface area (Å²) in [4.78, 5) is 65.4. The molecule has 5 unspecified atom stereocenters. The average Bonchev–Trinajstić information content (AvgIpc) is 2.88. The summed E-state index contributed by atoms with van der Waals surface area (Å²) < 4.78 is 0. The van der Waals surface area contributed by atoms with Gasteiger partial charge in [0.15, 0.2) is 5.96 Å². The van der Waals surface area contributed by atoms with Crippen LogP contribution in [0.15, 0.2) is 29.3 Å². The molecule has 0 saturated carbocycles. The predicted octanol–water partition coefficient (Wildman–Crippen LogP) is -1.62. The first-order chi connectivity index (χ1) is 18.7. The van der Waals surface area contributed by atoms with Gasteiger partial charge in [0.25, 0.3) is 0 Å². The van der Waals surface area contributed by atoms with Crippen molar-refractivity contribution in [3.05, 3.63) is 29.8 Å². The number of aliphatic imine (C=N–C) groups is 1. The number of hydrogen-bond donors (Lipinski definition) is 9. The minimum absolute atomic E-state index is 0.0526. The molecule has 0 aromatic heterocycles. The number of phenolic OH excluding ortho intramolecular Hbond substituents is 1. The molecule has 0 aliphatic heterocycles. The normalized spacial score (nSPS) is 14.5. The molecule has 0 bridgehead atoms. The third-order valence-corrected chi connectivity index (χ3v) is 6.09. The number of phenols is 1. The highest BCUT2D eigenvalue weighted by Gasteiger charge is 2.33. The molecule has 15 nitrogen and oxygen atoms in total. The molecule has 3 amide bonds. The van der Waals surface area contributed by atoms with Crippen molar-refractivity contribution < 1.29 is 39.3 Å². The SMILES string of the molecule is CCC(C)C(NC(=O)C(CCCN=C(N)N)NC(=O)C(N)Cc1ccc(O)cc1)C(=O)NC(CC(=O)O)C(=O)O. The highest BCUT2D eigenvalue weighted by Crippen LogP contribution is 2.12. The zero-order chi connectivity index (χ0) is 30.4. The van der Waals surface area contributed by atoms with E-state index in [1.165, 1.54) is 12.1 Å². The Labute approximate surface area is 231 Å². The predicted molar refractivity (Wildman–Crippen MR) is 145 cm³/mol. The number of carboxylic acids is 2. The molecule has 0 fully saturated rings. The van der Waals surface area contributed by atoms with Gasteiger partial charge in [-0.05, 0) is 42.9 Å². The number of aliphatic carboxylic acids is 2. The number of nitrogens with one attached hydrogen (secondary N) is 3. The van der Waals surface area contributed by atoms with Crippen molar-refractivity contribution in [3.8, 4) is 5.75 Å². The molecule has 1 aromatic carbocycles. The number of carbonyl (C=O) groups is 5. The summed E-state index contributed by atoms with van der Waals surface area (Å²) in [5.41, 5.74) is 17.4. The molecule has 0 heterocycles. The minimum atomic E-state index is -1.71. The molecule has 15 heteroatoms. The Balaban J connectivity index is 3.07. The van der Waals surface area contributed by atoms with Gasteiger partial charge in [0.2, 0.25) is 17.7 Å². The fourth-order valence-corrected chi connectivity index (χ4v) is 3.62. The number of benzene rings is 1. The first-order valence-corrected chi connectivity index (χ1v) is 12.7. The second-order valence-electron chi connectivity index (χ2n) is 9.36. The number of nitrogens with two attached hydrogens (primary N) is 3. The Morgan fingerprint density at radius 1 is 0.925 bits per heavy atom. The molecule has 40 heavy (non-hydrogen) atoms. The van der Waals surface area contributed by atoms with Crippen LogP contribution in [0.5, 0.6) is 5.75 Å². The van der Waals surface area contributed by atoms with Crippen LogP contribution in [0, 0.1) is 5.92 Å². The Bertz CT molecular complexity index is 1060. The topological polar surface area (TPSA) is 273 Å². The molecule has 12 N–H and O–H groups in total. The average molecular weight is 566 g/mol. The Kier molecular flexibility index (Phi) is 13.9. The van der Waals surface area contributed by atoms with E-state index in [1.807, 2.05) is 0 Å². The summed E-state index contributed by atoms with van der Waals surface area (Å²) in [5.74, 6) is -5.81. The van der Waals surface area contributed by atoms with Crippen molar-refractivity contribution >= 4 is 35.6 Å². The van der Waals surface area contributed by atoms with Gasteiger partial charge in [-0.1, -0.05) is 32.4 Å². The van der Waals surface area contributed by atoms with E-state index in [9.17, 15) is 34.2 Å². The first kappa shape index (κ1) is 33.6. The smallest absolute Gasteiger partial charge is 0.326 e. The van der Waals surface area contributed by atoms with Gasteiger partial charge in [0.05, 0.1) is 12.5 Å². The number of hydrogen-bond acceptors (Lipinski definition) is 8. The summed E-state index contributed by atoms with van der Waals surface area (Å²) >= 11 is 0. The van der Waals surface area contributed by atoms with E-state index in [2.05, 4.69) is 20.9 Å². The van der Waals surface area contributed by atoms with Crippen LogP contribution in [-0.4, -0.2) is 81.7 Å². The molecular formula is C25H39N7O8. The maximum absolute atomic E-state index is 13.3. The van der Waals surface area contributed by atoms with Gasteiger partial charge in [-0.15, -0.1) is 0 Å². The number of carbonyl (C=O) groups excluding carboxylic acids is 3. The maximum Gasteiger partial charge on any atom is 0.326 e. The van der Waals surface area contributed by atoms with Crippen molar-refractivity contribution in [3.63, 3.8) is 0 Å². The summed E-state index contributed by atoms with van der Waals surface area (Å²) in [6, 6.07) is 0.978. The number of rotatable bonds is 17. The minimum Gasteiger partial charge on any atom is -0.508 e. The fourth-order valence-electron chi connectivity index (χ4n) is 3.62. The highest BCUT2D eigenvalue weighted by atomic mass is 16.4. The lowest BCUT2D eigenvalue weighted by atomic mass is 9.97. The van der Waals surface area contributed by atoms with Gasteiger partial charge in [-0.2, -0.15) is 0 Å². The Morgan fingerprint density at radius 3 is 2.05 bits per heavy atom. The number of guanidine groups is 1. The van der Waals surface area contributed by atoms with E-state index in [-0.39, 0.29) is 37.5 Å². The van der Waals surface area contributed by atoms with Crippen LogP contribution in [0.3, 0.4) is 0 Å². The van der Waals surface area contributed by atoms with Crippen molar-refractivity contribution in [2.75, 3.05) is 6.54 Å². The third-order valence-electron chi connectivity index (χ3n) is 6.09. The Morgan fingerprint density at radius 2 is 1.52 bits per heavy atom. The van der Waals surface area contributed by atoms with E-state index in [1.54, 1.807) is 26.0 Å². The maximum atomic E-state index is 13.3. The molecule has 0 spiro atoms. The number of amides is 3. The van der Waals surface area contributed by atoms with Crippen molar-refractivity contribution in [1.82, 2.24) is 16.0 Å². The third kappa shape index (κ3) is 12.0. The summed E-state index contributed by atoms with van der Waals surface area (Å²) in [7, 11) is 0. The lowest BCUT2D eigenvalue weighted by Gasteiger charge is -2.28. The van der Waals surface area contributed by atoms with Crippen LogP contribution in [0.4, 0.5) is 0 Å². The first-order valence-electron chi connectivity index (χ1n) is 12.7. The lowest BCUT2D eigenvalue weighted by Crippen LogP contribution is -2.59. The molecule has 1 aromatic rings. The largest absolute Gasteiger partial charge is 0.508 e. The van der Waals surface area contributed by atoms with E-state index in [0.29, 0.717) is 12.0 Å². The van der Waals surface area contributed by atoms with E-state index in [0.717, 1.165) is 0 Å². The zero-order valence-corrected chi connectivity index (χ0v) is 22.5. The fraction of sp³-hybridized carbons (Fsp3) is 0.520. The molecule has 1 rings (SSSR count). The van der Waals surface area contributed by atoms with Gasteiger partial charge in [-0.3, -0.25) is 24.2 Å². The summed E-state index contributed by atoms with van der Waals surface area (Å²) in [6.07, 6.45) is 0.0282. The number of nitrogens with zero attached hydrogens (tertiary/aromatic N) is 1. The van der Waals surface area contributed by atoms with Gasteiger partial charge in [0.1, 0.15) is 23.9 Å². The molecular weight excluding hydrogens is 526 g/mol. The van der Waals surface area contributed by atoms with Gasteiger partial charge in [-0.25, -0.2) is 4.79 Å². The molecule has 0 aliphatic rings. The monoisotopic (exact) mass is 565 g/mol. The van der Waals surface area contributed by atoms with Crippen molar-refractivity contribution in [1.29, 1.82) is 0 Å². The van der Waals surface area contributed by atoms with Crippen molar-refractivity contribution in [2.45, 2.75) is 70.1 Å².